The van der Waals surface area contributed by atoms with Crippen molar-refractivity contribution < 1.29 is 4.74 Å². The van der Waals surface area contributed by atoms with Gasteiger partial charge < -0.3 is 4.74 Å². The van der Waals surface area contributed by atoms with Gasteiger partial charge in [-0.2, -0.15) is 0 Å². The highest BCUT2D eigenvalue weighted by atomic mass is 16.5. The predicted molar refractivity (Wildman–Crippen MR) is 67.6 cm³/mol. The van der Waals surface area contributed by atoms with Crippen LogP contribution in [0.4, 0.5) is 0 Å². The van der Waals surface area contributed by atoms with Crippen molar-refractivity contribution in [2.24, 2.45) is 5.84 Å². The molecule has 2 N–H and O–H groups in total. The number of hydrogen-bond acceptors (Lipinski definition) is 3. The summed E-state index contributed by atoms with van der Waals surface area (Å²) in [5, 5.41) is 1.71. The summed E-state index contributed by atoms with van der Waals surface area (Å²) >= 11 is 0. The number of ether oxygens (including phenoxy) is 1. The second-order valence-electron chi connectivity index (χ2n) is 4.46. The summed E-state index contributed by atoms with van der Waals surface area (Å²) in [5.41, 5.74) is 2.57. The first-order valence-electron chi connectivity index (χ1n) is 5.67. The van der Waals surface area contributed by atoms with Crippen LogP contribution in [-0.4, -0.2) is 25.7 Å². The molecular formula is C13H22N2O. The second-order valence-corrected chi connectivity index (χ2v) is 4.46. The summed E-state index contributed by atoms with van der Waals surface area (Å²) in [7, 11) is 3.60. The Morgan fingerprint density at radius 3 is 2.56 bits per heavy atom. The van der Waals surface area contributed by atoms with Crippen LogP contribution in [0.15, 0.2) is 18.2 Å². The first kappa shape index (κ1) is 13.0. The van der Waals surface area contributed by atoms with Gasteiger partial charge in [0.05, 0.1) is 7.11 Å². The number of rotatable bonds is 5. The van der Waals surface area contributed by atoms with Crippen molar-refractivity contribution in [1.82, 2.24) is 5.01 Å². The first-order valence-corrected chi connectivity index (χ1v) is 5.67. The lowest BCUT2D eigenvalue weighted by molar-refractivity contribution is 0.353. The monoisotopic (exact) mass is 222 g/mol. The van der Waals surface area contributed by atoms with Crippen LogP contribution in [-0.2, 0) is 6.42 Å². The molecule has 0 saturated carbocycles. The van der Waals surface area contributed by atoms with E-state index in [1.54, 1.807) is 12.1 Å². The van der Waals surface area contributed by atoms with Gasteiger partial charge in [0.15, 0.2) is 0 Å². The van der Waals surface area contributed by atoms with Crippen LogP contribution >= 0.6 is 0 Å². The molecule has 1 aromatic rings. The first-order chi connectivity index (χ1) is 7.54. The van der Waals surface area contributed by atoms with Crippen molar-refractivity contribution in [2.45, 2.75) is 26.2 Å². The van der Waals surface area contributed by atoms with E-state index in [1.165, 1.54) is 11.1 Å². The quantitative estimate of drug-likeness (QED) is 0.613. The van der Waals surface area contributed by atoms with Crippen molar-refractivity contribution in [2.75, 3.05) is 20.7 Å². The Bertz CT molecular complexity index is 335. The maximum atomic E-state index is 5.60. The SMILES string of the molecule is COc1ccc(CCN(C)N)cc1C(C)C. The van der Waals surface area contributed by atoms with Gasteiger partial charge in [0.1, 0.15) is 5.75 Å². The van der Waals surface area contributed by atoms with Gasteiger partial charge in [0, 0.05) is 13.6 Å². The van der Waals surface area contributed by atoms with Gasteiger partial charge in [0.2, 0.25) is 0 Å². The molecule has 0 unspecified atom stereocenters. The number of hydrazine groups is 1. The smallest absolute Gasteiger partial charge is 0.122 e. The summed E-state index contributed by atoms with van der Waals surface area (Å²) in [6, 6.07) is 6.36. The topological polar surface area (TPSA) is 38.5 Å². The fourth-order valence-electron chi connectivity index (χ4n) is 1.70. The van der Waals surface area contributed by atoms with Gasteiger partial charge in [-0.25, -0.2) is 5.01 Å². The molecule has 0 spiro atoms. The number of hydrogen-bond donors (Lipinski definition) is 1. The molecule has 16 heavy (non-hydrogen) atoms. The normalized spacial score (nSPS) is 11.2. The summed E-state index contributed by atoms with van der Waals surface area (Å²) in [5.74, 6) is 7.05. The summed E-state index contributed by atoms with van der Waals surface area (Å²) in [6.07, 6.45) is 0.969. The number of likely N-dealkylation sites (N-methyl/N-ethyl adjacent to an activating group) is 1. The summed E-state index contributed by atoms with van der Waals surface area (Å²) in [6.45, 7) is 5.22. The maximum Gasteiger partial charge on any atom is 0.122 e. The van der Waals surface area contributed by atoms with E-state index in [2.05, 4.69) is 26.0 Å². The maximum absolute atomic E-state index is 5.60. The van der Waals surface area contributed by atoms with Crippen molar-refractivity contribution in [3.05, 3.63) is 29.3 Å². The van der Waals surface area contributed by atoms with Crippen molar-refractivity contribution in [3.8, 4) is 5.75 Å². The molecule has 3 nitrogen and oxygen atoms in total. The molecule has 0 aliphatic rings. The summed E-state index contributed by atoms with van der Waals surface area (Å²) in [4.78, 5) is 0. The molecule has 0 amide bonds. The van der Waals surface area contributed by atoms with Gasteiger partial charge in [-0.1, -0.05) is 26.0 Å². The molecule has 0 atom stereocenters. The van der Waals surface area contributed by atoms with E-state index >= 15 is 0 Å². The fraction of sp³-hybridized carbons (Fsp3) is 0.538. The minimum absolute atomic E-state index is 0.477. The molecule has 0 aliphatic heterocycles. The zero-order valence-corrected chi connectivity index (χ0v) is 10.7. The van der Waals surface area contributed by atoms with Crippen LogP contribution in [0.25, 0.3) is 0 Å². The third kappa shape index (κ3) is 3.51. The highest BCUT2D eigenvalue weighted by Gasteiger charge is 2.08. The number of nitrogens with zero attached hydrogens (tertiary/aromatic N) is 1. The van der Waals surface area contributed by atoms with Gasteiger partial charge in [0.25, 0.3) is 0 Å². The van der Waals surface area contributed by atoms with Crippen LogP contribution in [0.1, 0.15) is 30.9 Å². The average Bonchev–Trinajstić information content (AvgIpc) is 2.25. The van der Waals surface area contributed by atoms with Gasteiger partial charge in [-0.3, -0.25) is 5.84 Å². The lowest BCUT2D eigenvalue weighted by Gasteiger charge is -2.14. The standard InChI is InChI=1S/C13H22N2O/c1-10(2)12-9-11(7-8-15(3)14)5-6-13(12)16-4/h5-6,9-10H,7-8,14H2,1-4H3. The Morgan fingerprint density at radius 1 is 1.38 bits per heavy atom. The van der Waals surface area contributed by atoms with Gasteiger partial charge in [-0.15, -0.1) is 0 Å². The molecule has 1 rings (SSSR count). The van der Waals surface area contributed by atoms with E-state index in [-0.39, 0.29) is 0 Å². The molecule has 0 heterocycles. The lowest BCUT2D eigenvalue weighted by atomic mass is 9.98. The molecule has 0 saturated heterocycles. The molecule has 90 valence electrons. The van der Waals surface area contributed by atoms with Gasteiger partial charge in [-0.05, 0) is 29.5 Å². The molecule has 0 bridgehead atoms. The van der Waals surface area contributed by atoms with Crippen LogP contribution in [0.5, 0.6) is 5.75 Å². The molecule has 1 aromatic carbocycles. The third-order valence-electron chi connectivity index (χ3n) is 2.67. The zero-order valence-electron chi connectivity index (χ0n) is 10.7. The predicted octanol–water partition coefficient (Wildman–Crippen LogP) is 2.17. The fourth-order valence-corrected chi connectivity index (χ4v) is 1.70. The van der Waals surface area contributed by atoms with E-state index in [4.69, 9.17) is 10.6 Å². The number of benzene rings is 1. The van der Waals surface area contributed by atoms with Crippen LogP contribution in [0, 0.1) is 0 Å². The summed E-state index contributed by atoms with van der Waals surface area (Å²) < 4.78 is 5.35. The highest BCUT2D eigenvalue weighted by molar-refractivity contribution is 5.39. The van der Waals surface area contributed by atoms with Crippen molar-refractivity contribution in [1.29, 1.82) is 0 Å². The average molecular weight is 222 g/mol. The van der Waals surface area contributed by atoms with Gasteiger partial charge >= 0.3 is 0 Å². The lowest BCUT2D eigenvalue weighted by Crippen LogP contribution is -2.28. The minimum Gasteiger partial charge on any atom is -0.496 e. The van der Waals surface area contributed by atoms with E-state index in [0.29, 0.717) is 5.92 Å². The second kappa shape index (κ2) is 5.87. The van der Waals surface area contributed by atoms with Crippen LogP contribution < -0.4 is 10.6 Å². The minimum atomic E-state index is 0.477. The Balaban J connectivity index is 2.85. The van der Waals surface area contributed by atoms with E-state index < -0.39 is 0 Å². The largest absolute Gasteiger partial charge is 0.496 e. The van der Waals surface area contributed by atoms with Crippen molar-refractivity contribution in [3.63, 3.8) is 0 Å². The van der Waals surface area contributed by atoms with Crippen LogP contribution in [0.3, 0.4) is 0 Å². The molecule has 0 fully saturated rings. The van der Waals surface area contributed by atoms with E-state index in [1.807, 2.05) is 13.1 Å². The third-order valence-corrected chi connectivity index (χ3v) is 2.67. The van der Waals surface area contributed by atoms with Crippen LogP contribution in [0.2, 0.25) is 0 Å². The highest BCUT2D eigenvalue weighted by Crippen LogP contribution is 2.27. The molecule has 0 aromatic heterocycles. The molecular weight excluding hydrogens is 200 g/mol. The Morgan fingerprint density at radius 2 is 2.06 bits per heavy atom. The Labute approximate surface area is 98.2 Å². The zero-order chi connectivity index (χ0) is 12.1. The molecule has 0 aliphatic carbocycles. The number of nitrogens with two attached hydrogens (primary N) is 1. The Hall–Kier alpha value is -1.06. The number of methoxy groups -OCH3 is 1. The molecule has 0 radical (unpaired) electrons. The Kier molecular flexibility index (Phi) is 4.77. The van der Waals surface area contributed by atoms with Crippen molar-refractivity contribution >= 4 is 0 Å². The van der Waals surface area contributed by atoms with E-state index in [0.717, 1.165) is 18.7 Å². The molecule has 3 heteroatoms. The van der Waals surface area contributed by atoms with E-state index in [9.17, 15) is 0 Å².